The molecule has 3 nitrogen and oxygen atoms in total. The van der Waals surface area contributed by atoms with Gasteiger partial charge < -0.3 is 0 Å². The molecule has 0 rings (SSSR count). The van der Waals surface area contributed by atoms with Crippen LogP contribution in [-0.4, -0.2) is 12.9 Å². The van der Waals surface area contributed by atoms with Crippen LogP contribution in [0.25, 0.3) is 0 Å². The molecule has 0 radical (unpaired) electrons. The Morgan fingerprint density at radius 2 is 2.29 bits per heavy atom. The first kappa shape index (κ1) is 6.27. The van der Waals surface area contributed by atoms with E-state index in [0.717, 1.165) is 0 Å². The maximum Gasteiger partial charge on any atom is 0.142 e. The van der Waals surface area contributed by atoms with Crippen molar-refractivity contribution >= 4 is 5.84 Å². The summed E-state index contributed by atoms with van der Waals surface area (Å²) in [6, 6.07) is 0. The predicted molar refractivity (Wildman–Crippen MR) is 28.8 cm³/mol. The van der Waals surface area contributed by atoms with Crippen molar-refractivity contribution in [3.05, 3.63) is 0 Å². The van der Waals surface area contributed by atoms with Gasteiger partial charge in [-0.25, -0.2) is 0 Å². The standard InChI is InChI=1S/C4H9N3/c1-3-4(5)7-6-2/h5H,3H2,1-2H3. The molecular weight excluding hydrogens is 90.1 g/mol. The van der Waals surface area contributed by atoms with Gasteiger partial charge in [0, 0.05) is 13.5 Å². The molecule has 0 aromatic heterocycles. The summed E-state index contributed by atoms with van der Waals surface area (Å²) in [5.74, 6) is 0.336. The summed E-state index contributed by atoms with van der Waals surface area (Å²) >= 11 is 0. The third kappa shape index (κ3) is 3.09. The van der Waals surface area contributed by atoms with Gasteiger partial charge in [0.25, 0.3) is 0 Å². The fraction of sp³-hybridized carbons (Fsp3) is 0.750. The second-order valence-corrected chi connectivity index (χ2v) is 1.10. The zero-order valence-electron chi connectivity index (χ0n) is 4.60. The van der Waals surface area contributed by atoms with Crippen molar-refractivity contribution in [1.82, 2.24) is 0 Å². The minimum Gasteiger partial charge on any atom is -0.285 e. The third-order valence-electron chi connectivity index (χ3n) is 0.556. The Morgan fingerprint density at radius 3 is 2.43 bits per heavy atom. The number of azo groups is 1. The molecule has 0 saturated carbocycles. The predicted octanol–water partition coefficient (Wildman–Crippen LogP) is 1.46. The monoisotopic (exact) mass is 99.1 g/mol. The van der Waals surface area contributed by atoms with Crippen LogP contribution < -0.4 is 0 Å². The lowest BCUT2D eigenvalue weighted by Gasteiger charge is -1.81. The van der Waals surface area contributed by atoms with E-state index in [1.54, 1.807) is 7.05 Å². The Hall–Kier alpha value is -0.730. The molecule has 0 bridgehead atoms. The van der Waals surface area contributed by atoms with Crippen molar-refractivity contribution in [3.8, 4) is 0 Å². The molecule has 0 saturated heterocycles. The first-order valence-corrected chi connectivity index (χ1v) is 2.18. The molecule has 0 unspecified atom stereocenters. The van der Waals surface area contributed by atoms with Gasteiger partial charge in [-0.05, 0) is 0 Å². The van der Waals surface area contributed by atoms with Gasteiger partial charge >= 0.3 is 0 Å². The van der Waals surface area contributed by atoms with Crippen molar-refractivity contribution in [3.63, 3.8) is 0 Å². The third-order valence-corrected chi connectivity index (χ3v) is 0.556. The van der Waals surface area contributed by atoms with E-state index in [1.807, 2.05) is 6.92 Å². The van der Waals surface area contributed by atoms with Crippen LogP contribution >= 0.6 is 0 Å². The highest BCUT2D eigenvalue weighted by Crippen LogP contribution is 1.81. The normalized spacial score (nSPS) is 10.0. The maximum atomic E-state index is 6.88. The average Bonchev–Trinajstić information content (AvgIpc) is 1.68. The molecule has 1 N–H and O–H groups in total. The van der Waals surface area contributed by atoms with Gasteiger partial charge in [0.1, 0.15) is 5.84 Å². The summed E-state index contributed by atoms with van der Waals surface area (Å²) in [6.07, 6.45) is 0.664. The molecule has 0 spiro atoms. The Kier molecular flexibility index (Phi) is 3.10. The van der Waals surface area contributed by atoms with Crippen LogP contribution in [0, 0.1) is 5.41 Å². The maximum absolute atomic E-state index is 6.88. The molecule has 0 aromatic rings. The molecule has 0 fully saturated rings. The fourth-order valence-electron chi connectivity index (χ4n) is 0.191. The van der Waals surface area contributed by atoms with Crippen LogP contribution in [-0.2, 0) is 0 Å². The lowest BCUT2D eigenvalue weighted by Crippen LogP contribution is -1.83. The summed E-state index contributed by atoms with van der Waals surface area (Å²) in [5.41, 5.74) is 0. The van der Waals surface area contributed by atoms with Crippen LogP contribution in [0.5, 0.6) is 0 Å². The van der Waals surface area contributed by atoms with E-state index in [2.05, 4.69) is 10.2 Å². The number of nitrogens with zero attached hydrogens (tertiary/aromatic N) is 2. The number of rotatable bonds is 1. The van der Waals surface area contributed by atoms with Gasteiger partial charge in [-0.1, -0.05) is 6.92 Å². The van der Waals surface area contributed by atoms with Gasteiger partial charge in [0.15, 0.2) is 0 Å². The van der Waals surface area contributed by atoms with Crippen LogP contribution in [0.4, 0.5) is 0 Å². The van der Waals surface area contributed by atoms with E-state index in [-0.39, 0.29) is 0 Å². The minimum absolute atomic E-state index is 0.336. The van der Waals surface area contributed by atoms with E-state index in [0.29, 0.717) is 12.3 Å². The van der Waals surface area contributed by atoms with Gasteiger partial charge in [0.05, 0.1) is 0 Å². The number of hydrogen-bond acceptors (Lipinski definition) is 2. The molecule has 7 heavy (non-hydrogen) atoms. The quantitative estimate of drug-likeness (QED) is 0.294. The van der Waals surface area contributed by atoms with E-state index in [4.69, 9.17) is 5.41 Å². The first-order chi connectivity index (χ1) is 3.31. The Balaban J connectivity index is 3.37. The molecule has 40 valence electrons. The van der Waals surface area contributed by atoms with Gasteiger partial charge in [0.2, 0.25) is 0 Å². The lowest BCUT2D eigenvalue weighted by molar-refractivity contribution is 1.11. The van der Waals surface area contributed by atoms with Gasteiger partial charge in [-0.3, -0.25) is 5.41 Å². The minimum atomic E-state index is 0.336. The van der Waals surface area contributed by atoms with Crippen LogP contribution in [0.3, 0.4) is 0 Å². The molecule has 0 atom stereocenters. The zero-order valence-corrected chi connectivity index (χ0v) is 4.60. The molecule has 3 heteroatoms. The highest BCUT2D eigenvalue weighted by Gasteiger charge is 1.81. The first-order valence-electron chi connectivity index (χ1n) is 2.18. The van der Waals surface area contributed by atoms with Crippen molar-refractivity contribution in [2.24, 2.45) is 10.2 Å². The van der Waals surface area contributed by atoms with Crippen LogP contribution in [0.15, 0.2) is 10.2 Å². The van der Waals surface area contributed by atoms with E-state index in [9.17, 15) is 0 Å². The number of amidine groups is 1. The number of nitrogens with one attached hydrogen (secondary N) is 1. The zero-order chi connectivity index (χ0) is 5.70. The van der Waals surface area contributed by atoms with E-state index in [1.165, 1.54) is 0 Å². The smallest absolute Gasteiger partial charge is 0.142 e. The molecule has 0 amide bonds. The molecule has 0 aliphatic carbocycles. The summed E-state index contributed by atoms with van der Waals surface area (Å²) < 4.78 is 0. The van der Waals surface area contributed by atoms with Gasteiger partial charge in [-0.2, -0.15) is 5.11 Å². The average molecular weight is 99.1 g/mol. The Morgan fingerprint density at radius 1 is 1.71 bits per heavy atom. The highest BCUT2D eigenvalue weighted by molar-refractivity contribution is 5.78. The molecule has 0 heterocycles. The largest absolute Gasteiger partial charge is 0.285 e. The molecule has 0 aliphatic rings. The van der Waals surface area contributed by atoms with Crippen molar-refractivity contribution in [2.45, 2.75) is 13.3 Å². The van der Waals surface area contributed by atoms with E-state index >= 15 is 0 Å². The number of hydrogen-bond donors (Lipinski definition) is 1. The second-order valence-electron chi connectivity index (χ2n) is 1.10. The molecule has 0 aliphatic heterocycles. The van der Waals surface area contributed by atoms with Crippen molar-refractivity contribution < 1.29 is 0 Å². The molecular formula is C4H9N3. The summed E-state index contributed by atoms with van der Waals surface area (Å²) in [4.78, 5) is 0. The molecule has 0 aromatic carbocycles. The van der Waals surface area contributed by atoms with Crippen LogP contribution in [0.1, 0.15) is 13.3 Å². The SMILES string of the molecule is CCC(=N)N=NC. The van der Waals surface area contributed by atoms with E-state index < -0.39 is 0 Å². The Labute approximate surface area is 43.0 Å². The van der Waals surface area contributed by atoms with Gasteiger partial charge in [-0.15, -0.1) is 5.11 Å². The summed E-state index contributed by atoms with van der Waals surface area (Å²) in [7, 11) is 1.56. The highest BCUT2D eigenvalue weighted by atomic mass is 15.1. The summed E-state index contributed by atoms with van der Waals surface area (Å²) in [5, 5.41) is 13.7. The van der Waals surface area contributed by atoms with Crippen LogP contribution in [0.2, 0.25) is 0 Å². The Bertz CT molecular complexity index is 84.9. The fourth-order valence-corrected chi connectivity index (χ4v) is 0.191. The topological polar surface area (TPSA) is 48.6 Å². The lowest BCUT2D eigenvalue weighted by atomic mass is 10.5. The summed E-state index contributed by atoms with van der Waals surface area (Å²) in [6.45, 7) is 1.87. The van der Waals surface area contributed by atoms with Crippen molar-refractivity contribution in [1.29, 1.82) is 5.41 Å². The second kappa shape index (κ2) is 3.46. The van der Waals surface area contributed by atoms with Crippen molar-refractivity contribution in [2.75, 3.05) is 7.05 Å².